The summed E-state index contributed by atoms with van der Waals surface area (Å²) in [6, 6.07) is 3.02. The first kappa shape index (κ1) is 13.4. The molecule has 1 aliphatic rings. The van der Waals surface area contributed by atoms with E-state index in [0.29, 0.717) is 12.1 Å². The molecule has 0 fully saturated rings. The SMILES string of the molecule is O=C(NCCC1=CCCC1)c1cc(Cl)nc(Cl)c1. The molecule has 1 aromatic heterocycles. The van der Waals surface area contributed by atoms with Gasteiger partial charge in [-0.25, -0.2) is 4.98 Å². The van der Waals surface area contributed by atoms with Crippen LogP contribution in [0.15, 0.2) is 23.8 Å². The summed E-state index contributed by atoms with van der Waals surface area (Å²) in [6.07, 6.45) is 6.73. The fourth-order valence-corrected chi connectivity index (χ4v) is 2.46. The molecule has 0 atom stereocenters. The van der Waals surface area contributed by atoms with Gasteiger partial charge < -0.3 is 5.32 Å². The smallest absolute Gasteiger partial charge is 0.251 e. The summed E-state index contributed by atoms with van der Waals surface area (Å²) in [7, 11) is 0. The van der Waals surface area contributed by atoms with E-state index in [9.17, 15) is 4.79 Å². The number of aromatic nitrogens is 1. The molecule has 1 heterocycles. The summed E-state index contributed by atoms with van der Waals surface area (Å²) < 4.78 is 0. The van der Waals surface area contributed by atoms with Gasteiger partial charge in [-0.05, 0) is 37.8 Å². The van der Waals surface area contributed by atoms with Gasteiger partial charge in [0.1, 0.15) is 10.3 Å². The molecule has 0 aliphatic heterocycles. The average molecular weight is 285 g/mol. The molecule has 0 spiro atoms. The number of amides is 1. The van der Waals surface area contributed by atoms with Crippen molar-refractivity contribution in [1.29, 1.82) is 0 Å². The monoisotopic (exact) mass is 284 g/mol. The number of carbonyl (C=O) groups is 1. The molecule has 0 saturated heterocycles. The Bertz CT molecular complexity index is 466. The first-order chi connectivity index (χ1) is 8.65. The summed E-state index contributed by atoms with van der Waals surface area (Å²) in [5.41, 5.74) is 1.88. The lowest BCUT2D eigenvalue weighted by molar-refractivity contribution is 0.0954. The van der Waals surface area contributed by atoms with Gasteiger partial charge in [0.15, 0.2) is 0 Å². The highest BCUT2D eigenvalue weighted by atomic mass is 35.5. The van der Waals surface area contributed by atoms with Crippen molar-refractivity contribution in [3.05, 3.63) is 39.7 Å². The number of nitrogens with zero attached hydrogens (tertiary/aromatic N) is 1. The van der Waals surface area contributed by atoms with Crippen LogP contribution in [0.1, 0.15) is 36.0 Å². The van der Waals surface area contributed by atoms with Crippen LogP contribution in [0.4, 0.5) is 0 Å². The zero-order valence-electron chi connectivity index (χ0n) is 9.88. The quantitative estimate of drug-likeness (QED) is 0.678. The van der Waals surface area contributed by atoms with Crippen molar-refractivity contribution in [2.45, 2.75) is 25.7 Å². The Morgan fingerprint density at radius 1 is 1.33 bits per heavy atom. The highest BCUT2D eigenvalue weighted by Crippen LogP contribution is 2.20. The van der Waals surface area contributed by atoms with Gasteiger partial charge in [-0.1, -0.05) is 34.9 Å². The molecule has 2 rings (SSSR count). The number of nitrogens with one attached hydrogen (secondary N) is 1. The van der Waals surface area contributed by atoms with E-state index >= 15 is 0 Å². The molecular weight excluding hydrogens is 271 g/mol. The van der Waals surface area contributed by atoms with Crippen molar-refractivity contribution in [1.82, 2.24) is 10.3 Å². The van der Waals surface area contributed by atoms with Gasteiger partial charge in [-0.3, -0.25) is 4.79 Å². The fourth-order valence-electron chi connectivity index (χ4n) is 2.00. The van der Waals surface area contributed by atoms with Crippen LogP contribution in [0.3, 0.4) is 0 Å². The molecule has 0 bridgehead atoms. The van der Waals surface area contributed by atoms with Crippen LogP contribution >= 0.6 is 23.2 Å². The standard InChI is InChI=1S/C13H14Cl2N2O/c14-11-7-10(8-12(15)17-11)13(18)16-6-5-9-3-1-2-4-9/h3,7-8H,1-2,4-6H2,(H,16,18). The van der Waals surface area contributed by atoms with Gasteiger partial charge in [0, 0.05) is 12.1 Å². The van der Waals surface area contributed by atoms with Gasteiger partial charge in [-0.2, -0.15) is 0 Å². The number of pyridine rings is 1. The van der Waals surface area contributed by atoms with Crippen LogP contribution in [0.5, 0.6) is 0 Å². The van der Waals surface area contributed by atoms with E-state index in [-0.39, 0.29) is 16.2 Å². The second-order valence-electron chi connectivity index (χ2n) is 4.26. The Balaban J connectivity index is 1.87. The highest BCUT2D eigenvalue weighted by molar-refractivity contribution is 6.33. The molecule has 0 saturated carbocycles. The minimum absolute atomic E-state index is 0.167. The van der Waals surface area contributed by atoms with Crippen molar-refractivity contribution in [2.24, 2.45) is 0 Å². The van der Waals surface area contributed by atoms with Crippen LogP contribution in [0, 0.1) is 0 Å². The molecule has 96 valence electrons. The molecule has 18 heavy (non-hydrogen) atoms. The molecule has 0 unspecified atom stereocenters. The minimum Gasteiger partial charge on any atom is -0.352 e. The van der Waals surface area contributed by atoms with Crippen LogP contribution in [0.2, 0.25) is 10.3 Å². The third-order valence-electron chi connectivity index (χ3n) is 2.89. The summed E-state index contributed by atoms with van der Waals surface area (Å²) in [4.78, 5) is 15.6. The van der Waals surface area contributed by atoms with Crippen LogP contribution in [-0.2, 0) is 0 Å². The van der Waals surface area contributed by atoms with E-state index in [2.05, 4.69) is 16.4 Å². The van der Waals surface area contributed by atoms with Crippen molar-refractivity contribution < 1.29 is 4.79 Å². The lowest BCUT2D eigenvalue weighted by Gasteiger charge is -2.06. The van der Waals surface area contributed by atoms with Gasteiger partial charge in [0.25, 0.3) is 5.91 Å². The number of halogens is 2. The molecule has 1 aliphatic carbocycles. The number of allylic oxidation sites excluding steroid dienone is 1. The average Bonchev–Trinajstić information content (AvgIpc) is 2.80. The second kappa shape index (κ2) is 6.21. The van der Waals surface area contributed by atoms with Crippen LogP contribution in [-0.4, -0.2) is 17.4 Å². The van der Waals surface area contributed by atoms with Gasteiger partial charge >= 0.3 is 0 Å². The van der Waals surface area contributed by atoms with Crippen LogP contribution in [0.25, 0.3) is 0 Å². The zero-order valence-corrected chi connectivity index (χ0v) is 11.4. The molecule has 1 aromatic rings. The predicted octanol–water partition coefficient (Wildman–Crippen LogP) is 3.62. The lowest BCUT2D eigenvalue weighted by atomic mass is 10.1. The van der Waals surface area contributed by atoms with Crippen LogP contribution < -0.4 is 5.32 Å². The third kappa shape index (κ3) is 3.72. The Morgan fingerprint density at radius 2 is 2.06 bits per heavy atom. The molecule has 0 radical (unpaired) electrons. The van der Waals surface area contributed by atoms with E-state index in [1.807, 2.05) is 0 Å². The normalized spacial score (nSPS) is 14.4. The van der Waals surface area contributed by atoms with E-state index in [0.717, 1.165) is 12.8 Å². The number of rotatable bonds is 4. The lowest BCUT2D eigenvalue weighted by Crippen LogP contribution is -2.24. The molecule has 0 aromatic carbocycles. The Hall–Kier alpha value is -1.06. The predicted molar refractivity (Wildman–Crippen MR) is 73.1 cm³/mol. The first-order valence-electron chi connectivity index (χ1n) is 5.94. The summed E-state index contributed by atoms with van der Waals surface area (Å²) >= 11 is 11.5. The molecule has 1 amide bonds. The maximum absolute atomic E-state index is 11.8. The summed E-state index contributed by atoms with van der Waals surface area (Å²) in [5.74, 6) is -0.167. The maximum atomic E-state index is 11.8. The first-order valence-corrected chi connectivity index (χ1v) is 6.70. The van der Waals surface area contributed by atoms with Gasteiger partial charge in [-0.15, -0.1) is 0 Å². The minimum atomic E-state index is -0.167. The Morgan fingerprint density at radius 3 is 2.67 bits per heavy atom. The van der Waals surface area contributed by atoms with Crippen molar-refractivity contribution in [3.63, 3.8) is 0 Å². The third-order valence-corrected chi connectivity index (χ3v) is 3.28. The topological polar surface area (TPSA) is 42.0 Å². The van der Waals surface area contributed by atoms with E-state index in [1.54, 1.807) is 0 Å². The van der Waals surface area contributed by atoms with Crippen molar-refractivity contribution in [3.8, 4) is 0 Å². The molecule has 1 N–H and O–H groups in total. The summed E-state index contributed by atoms with van der Waals surface area (Å²) in [6.45, 7) is 0.641. The van der Waals surface area contributed by atoms with Crippen molar-refractivity contribution in [2.75, 3.05) is 6.54 Å². The number of hydrogen-bond acceptors (Lipinski definition) is 2. The highest BCUT2D eigenvalue weighted by Gasteiger charge is 2.09. The zero-order chi connectivity index (χ0) is 13.0. The largest absolute Gasteiger partial charge is 0.352 e. The Labute approximate surface area is 116 Å². The fraction of sp³-hybridized carbons (Fsp3) is 0.385. The van der Waals surface area contributed by atoms with Gasteiger partial charge in [0.05, 0.1) is 0 Å². The molecular formula is C13H14Cl2N2O. The van der Waals surface area contributed by atoms with Crippen molar-refractivity contribution >= 4 is 29.1 Å². The number of carbonyl (C=O) groups excluding carboxylic acids is 1. The Kier molecular flexibility index (Phi) is 4.61. The van der Waals surface area contributed by atoms with E-state index < -0.39 is 0 Å². The second-order valence-corrected chi connectivity index (χ2v) is 5.04. The maximum Gasteiger partial charge on any atom is 0.251 e. The number of hydrogen-bond donors (Lipinski definition) is 1. The van der Waals surface area contributed by atoms with E-state index in [1.165, 1.54) is 30.5 Å². The molecule has 5 heteroatoms. The molecule has 3 nitrogen and oxygen atoms in total. The summed E-state index contributed by atoms with van der Waals surface area (Å²) in [5, 5.41) is 3.31. The van der Waals surface area contributed by atoms with E-state index in [4.69, 9.17) is 23.2 Å². The van der Waals surface area contributed by atoms with Gasteiger partial charge in [0.2, 0.25) is 0 Å².